The van der Waals surface area contributed by atoms with Crippen molar-refractivity contribution in [3.05, 3.63) is 33.1 Å². The van der Waals surface area contributed by atoms with Crippen LogP contribution in [-0.2, 0) is 25.4 Å². The molecule has 0 saturated carbocycles. The van der Waals surface area contributed by atoms with Crippen LogP contribution in [0.4, 0.5) is 0 Å². The largest absolute Gasteiger partial charge is 0.340 e. The number of aromatic nitrogens is 3. The Bertz CT molecular complexity index is 981. The van der Waals surface area contributed by atoms with Crippen LogP contribution >= 0.6 is 0 Å². The van der Waals surface area contributed by atoms with E-state index in [0.717, 1.165) is 50.3 Å². The maximum atomic E-state index is 12.8. The molecule has 9 nitrogen and oxygen atoms in total. The van der Waals surface area contributed by atoms with E-state index in [1.54, 1.807) is 23.9 Å². The first kappa shape index (κ1) is 18.0. The summed E-state index contributed by atoms with van der Waals surface area (Å²) >= 11 is 0. The van der Waals surface area contributed by atoms with E-state index in [1.165, 1.54) is 11.6 Å². The number of rotatable bonds is 3. The van der Waals surface area contributed by atoms with Crippen molar-refractivity contribution in [1.29, 1.82) is 0 Å². The van der Waals surface area contributed by atoms with Crippen LogP contribution in [0.3, 0.4) is 0 Å². The SMILES string of the molecule is Cn1c(=O)c2ccn(CC(=O)N3CCC(N4CCNCC4)C3)c2n(C)c1=O. The van der Waals surface area contributed by atoms with Crippen LogP contribution in [0.15, 0.2) is 21.9 Å². The van der Waals surface area contributed by atoms with E-state index in [-0.39, 0.29) is 23.7 Å². The Morgan fingerprint density at radius 1 is 1.15 bits per heavy atom. The van der Waals surface area contributed by atoms with Gasteiger partial charge in [0.25, 0.3) is 5.56 Å². The summed E-state index contributed by atoms with van der Waals surface area (Å²) in [6.07, 6.45) is 2.71. The van der Waals surface area contributed by atoms with E-state index in [1.807, 2.05) is 4.90 Å². The van der Waals surface area contributed by atoms with Crippen molar-refractivity contribution in [2.45, 2.75) is 19.0 Å². The minimum atomic E-state index is -0.389. The molecule has 146 valence electrons. The molecule has 2 aliphatic rings. The molecule has 9 heteroatoms. The molecule has 2 aliphatic heterocycles. The second-order valence-electron chi connectivity index (χ2n) is 7.45. The number of amides is 1. The Balaban J connectivity index is 1.52. The molecule has 1 N–H and O–H groups in total. The summed E-state index contributed by atoms with van der Waals surface area (Å²) in [7, 11) is 3.09. The van der Waals surface area contributed by atoms with Crippen molar-refractivity contribution in [2.75, 3.05) is 39.3 Å². The van der Waals surface area contributed by atoms with Crippen molar-refractivity contribution < 1.29 is 4.79 Å². The summed E-state index contributed by atoms with van der Waals surface area (Å²) < 4.78 is 4.23. The lowest BCUT2D eigenvalue weighted by molar-refractivity contribution is -0.130. The maximum Gasteiger partial charge on any atom is 0.332 e. The zero-order chi connectivity index (χ0) is 19.1. The average molecular weight is 374 g/mol. The van der Waals surface area contributed by atoms with Crippen LogP contribution in [0.2, 0.25) is 0 Å². The molecule has 2 aromatic heterocycles. The van der Waals surface area contributed by atoms with Gasteiger partial charge >= 0.3 is 5.69 Å². The Morgan fingerprint density at radius 2 is 1.89 bits per heavy atom. The highest BCUT2D eigenvalue weighted by Gasteiger charge is 2.31. The van der Waals surface area contributed by atoms with Gasteiger partial charge in [0.2, 0.25) is 5.91 Å². The van der Waals surface area contributed by atoms with Gasteiger partial charge in [-0.2, -0.15) is 0 Å². The van der Waals surface area contributed by atoms with E-state index in [9.17, 15) is 14.4 Å². The molecule has 0 aliphatic carbocycles. The molecule has 0 radical (unpaired) electrons. The molecule has 4 rings (SSSR count). The maximum absolute atomic E-state index is 12.8. The lowest BCUT2D eigenvalue weighted by Gasteiger charge is -2.32. The molecule has 4 heterocycles. The van der Waals surface area contributed by atoms with Crippen LogP contribution in [0.25, 0.3) is 11.0 Å². The second kappa shape index (κ2) is 6.97. The molecule has 0 aromatic carbocycles. The van der Waals surface area contributed by atoms with E-state index < -0.39 is 0 Å². The topological polar surface area (TPSA) is 84.5 Å². The van der Waals surface area contributed by atoms with Gasteiger partial charge in [-0.3, -0.25) is 23.6 Å². The Kier molecular flexibility index (Phi) is 4.65. The molecule has 0 bridgehead atoms. The number of hydrogen-bond acceptors (Lipinski definition) is 5. The van der Waals surface area contributed by atoms with E-state index in [2.05, 4.69) is 10.2 Å². The second-order valence-corrected chi connectivity index (χ2v) is 7.45. The first-order chi connectivity index (χ1) is 13.0. The van der Waals surface area contributed by atoms with Gasteiger partial charge in [0, 0.05) is 65.6 Å². The lowest BCUT2D eigenvalue weighted by Crippen LogP contribution is -2.49. The number of likely N-dealkylation sites (tertiary alicyclic amines) is 1. The predicted octanol–water partition coefficient (Wildman–Crippen LogP) is -1.46. The Labute approximate surface area is 156 Å². The van der Waals surface area contributed by atoms with Gasteiger partial charge in [-0.05, 0) is 12.5 Å². The van der Waals surface area contributed by atoms with Crippen LogP contribution in [0.5, 0.6) is 0 Å². The fourth-order valence-corrected chi connectivity index (χ4v) is 4.27. The van der Waals surface area contributed by atoms with Gasteiger partial charge < -0.3 is 14.8 Å². The zero-order valence-electron chi connectivity index (χ0n) is 15.8. The highest BCUT2D eigenvalue weighted by molar-refractivity contribution is 5.81. The smallest absolute Gasteiger partial charge is 0.332 e. The Morgan fingerprint density at radius 3 is 2.63 bits per heavy atom. The number of nitrogens with one attached hydrogen (secondary N) is 1. The molecule has 27 heavy (non-hydrogen) atoms. The van der Waals surface area contributed by atoms with Crippen LogP contribution in [-0.4, -0.2) is 74.7 Å². The molecule has 0 spiro atoms. The average Bonchev–Trinajstić information content (AvgIpc) is 3.33. The van der Waals surface area contributed by atoms with Gasteiger partial charge in [0.15, 0.2) is 0 Å². The fraction of sp³-hybridized carbons (Fsp3) is 0.611. The lowest BCUT2D eigenvalue weighted by atomic mass is 10.2. The van der Waals surface area contributed by atoms with Crippen molar-refractivity contribution in [3.63, 3.8) is 0 Å². The van der Waals surface area contributed by atoms with Crippen LogP contribution in [0, 0.1) is 0 Å². The number of carbonyl (C=O) groups is 1. The molecular formula is C18H26N6O3. The van der Waals surface area contributed by atoms with Gasteiger partial charge in [0.05, 0.1) is 5.39 Å². The number of nitrogens with zero attached hydrogens (tertiary/aromatic N) is 5. The minimum Gasteiger partial charge on any atom is -0.340 e. The number of hydrogen-bond donors (Lipinski definition) is 1. The van der Waals surface area contributed by atoms with Crippen LogP contribution in [0.1, 0.15) is 6.42 Å². The number of piperazine rings is 1. The van der Waals surface area contributed by atoms with Crippen molar-refractivity contribution >= 4 is 16.9 Å². The van der Waals surface area contributed by atoms with Crippen molar-refractivity contribution in [1.82, 2.24) is 28.8 Å². The van der Waals surface area contributed by atoms with Gasteiger partial charge in [0.1, 0.15) is 12.2 Å². The molecular weight excluding hydrogens is 348 g/mol. The van der Waals surface area contributed by atoms with Crippen molar-refractivity contribution in [3.8, 4) is 0 Å². The predicted molar refractivity (Wildman–Crippen MR) is 102 cm³/mol. The van der Waals surface area contributed by atoms with Crippen molar-refractivity contribution in [2.24, 2.45) is 14.1 Å². The third-order valence-corrected chi connectivity index (χ3v) is 5.85. The molecule has 1 unspecified atom stereocenters. The molecule has 2 fully saturated rings. The first-order valence-electron chi connectivity index (χ1n) is 9.45. The van der Waals surface area contributed by atoms with E-state index >= 15 is 0 Å². The molecule has 1 atom stereocenters. The zero-order valence-corrected chi connectivity index (χ0v) is 15.8. The van der Waals surface area contributed by atoms with Gasteiger partial charge in [-0.15, -0.1) is 0 Å². The molecule has 2 saturated heterocycles. The monoisotopic (exact) mass is 374 g/mol. The third-order valence-electron chi connectivity index (χ3n) is 5.85. The highest BCUT2D eigenvalue weighted by Crippen LogP contribution is 2.17. The number of carbonyl (C=O) groups excluding carboxylic acids is 1. The number of fused-ring (bicyclic) bond motifs is 1. The number of aryl methyl sites for hydroxylation is 1. The standard InChI is InChI=1S/C18H26N6O3/c1-20-16-14(17(26)21(2)18(20)27)4-8-24(16)12-15(25)23-7-3-13(11-23)22-9-5-19-6-10-22/h4,8,13,19H,3,5-7,9-12H2,1-2H3. The summed E-state index contributed by atoms with van der Waals surface area (Å²) in [5.41, 5.74) is -0.228. The van der Waals surface area contributed by atoms with Gasteiger partial charge in [-0.1, -0.05) is 0 Å². The fourth-order valence-electron chi connectivity index (χ4n) is 4.27. The quantitative estimate of drug-likeness (QED) is 0.710. The normalized spacial score (nSPS) is 21.3. The highest BCUT2D eigenvalue weighted by atomic mass is 16.2. The van der Waals surface area contributed by atoms with E-state index in [0.29, 0.717) is 17.1 Å². The summed E-state index contributed by atoms with van der Waals surface area (Å²) in [4.78, 5) is 41.7. The van der Waals surface area contributed by atoms with Gasteiger partial charge in [-0.25, -0.2) is 4.79 Å². The Hall–Kier alpha value is -2.39. The first-order valence-corrected chi connectivity index (χ1v) is 9.45. The minimum absolute atomic E-state index is 0.0262. The summed E-state index contributed by atoms with van der Waals surface area (Å²) in [6.45, 7) is 5.70. The molecule has 1 amide bonds. The molecule has 2 aromatic rings. The summed E-state index contributed by atoms with van der Waals surface area (Å²) in [5, 5.41) is 3.81. The third kappa shape index (κ3) is 3.10. The summed E-state index contributed by atoms with van der Waals surface area (Å²) in [6, 6.07) is 2.10. The van der Waals surface area contributed by atoms with Crippen LogP contribution < -0.4 is 16.6 Å². The summed E-state index contributed by atoms with van der Waals surface area (Å²) in [5.74, 6) is 0.0262. The van der Waals surface area contributed by atoms with E-state index in [4.69, 9.17) is 0 Å².